The first-order valence-corrected chi connectivity index (χ1v) is 12.6. The van der Waals surface area contributed by atoms with Gasteiger partial charge in [0.1, 0.15) is 23.8 Å². The number of amides is 1. The Balaban J connectivity index is 1.07. The third-order valence-electron chi connectivity index (χ3n) is 6.33. The van der Waals surface area contributed by atoms with E-state index in [4.69, 9.17) is 20.8 Å². The van der Waals surface area contributed by atoms with Crippen LogP contribution in [0.4, 0.5) is 5.69 Å². The minimum absolute atomic E-state index is 0.0966. The number of nitrogens with one attached hydrogen (secondary N) is 1. The Morgan fingerprint density at radius 2 is 1.84 bits per heavy atom. The number of carbonyl (C=O) groups is 1. The van der Waals surface area contributed by atoms with Gasteiger partial charge in [0.15, 0.2) is 0 Å². The van der Waals surface area contributed by atoms with Crippen LogP contribution in [0.3, 0.4) is 0 Å². The molecule has 2 aromatic carbocycles. The van der Waals surface area contributed by atoms with E-state index in [9.17, 15) is 4.79 Å². The van der Waals surface area contributed by atoms with Crippen molar-refractivity contribution in [3.8, 4) is 17.1 Å². The molecule has 0 atom stereocenters. The summed E-state index contributed by atoms with van der Waals surface area (Å²) in [5.41, 5.74) is 2.90. The van der Waals surface area contributed by atoms with Gasteiger partial charge in [-0.15, -0.1) is 5.10 Å². The average Bonchev–Trinajstić information content (AvgIpc) is 3.58. The summed E-state index contributed by atoms with van der Waals surface area (Å²) in [6.07, 6.45) is 1.83. The van der Waals surface area contributed by atoms with Crippen molar-refractivity contribution in [3.63, 3.8) is 0 Å². The molecule has 37 heavy (non-hydrogen) atoms. The van der Waals surface area contributed by atoms with E-state index >= 15 is 0 Å². The number of hydrogen-bond acceptors (Lipinski definition) is 7. The molecule has 2 aromatic heterocycles. The van der Waals surface area contributed by atoms with E-state index in [0.717, 1.165) is 54.6 Å². The molecule has 3 heterocycles. The summed E-state index contributed by atoms with van der Waals surface area (Å²) in [6, 6.07) is 19.3. The summed E-state index contributed by atoms with van der Waals surface area (Å²) in [5, 5.41) is 11.9. The molecule has 1 saturated heterocycles. The molecule has 5 rings (SSSR count). The van der Waals surface area contributed by atoms with Crippen molar-refractivity contribution in [2.75, 3.05) is 38.2 Å². The second-order valence-electron chi connectivity index (χ2n) is 8.89. The van der Waals surface area contributed by atoms with E-state index in [-0.39, 0.29) is 12.5 Å². The van der Waals surface area contributed by atoms with Gasteiger partial charge in [0.25, 0.3) is 0 Å². The molecule has 0 bridgehead atoms. The summed E-state index contributed by atoms with van der Waals surface area (Å²) in [4.78, 5) is 17.1. The van der Waals surface area contributed by atoms with Crippen LogP contribution in [0.25, 0.3) is 11.3 Å². The molecule has 0 saturated carbocycles. The van der Waals surface area contributed by atoms with Crippen LogP contribution in [0.1, 0.15) is 11.5 Å². The second kappa shape index (κ2) is 11.5. The summed E-state index contributed by atoms with van der Waals surface area (Å²) in [5.74, 6) is 2.13. The van der Waals surface area contributed by atoms with E-state index in [2.05, 4.69) is 31.5 Å². The molecule has 9 nitrogen and oxygen atoms in total. The molecular formula is C27H29ClN6O3. The molecule has 1 amide bonds. The number of rotatable bonds is 9. The van der Waals surface area contributed by atoms with Gasteiger partial charge in [-0.05, 0) is 48.5 Å². The van der Waals surface area contributed by atoms with Crippen LogP contribution in [-0.2, 0) is 24.4 Å². The summed E-state index contributed by atoms with van der Waals surface area (Å²) in [6.45, 7) is 4.72. The number of carbonyl (C=O) groups excluding carboxylic acids is 1. The molecule has 1 fully saturated rings. The lowest BCUT2D eigenvalue weighted by Crippen LogP contribution is -2.46. The largest absolute Gasteiger partial charge is 0.495 e. The zero-order valence-corrected chi connectivity index (χ0v) is 21.4. The van der Waals surface area contributed by atoms with Crippen LogP contribution in [-0.4, -0.2) is 59.1 Å². The Hall–Kier alpha value is -3.82. The number of para-hydroxylation sites is 2. The normalized spacial score (nSPS) is 14.1. The summed E-state index contributed by atoms with van der Waals surface area (Å²) >= 11 is 5.94. The highest BCUT2D eigenvalue weighted by molar-refractivity contribution is 6.30. The lowest BCUT2D eigenvalue weighted by atomic mass is 10.2. The third kappa shape index (κ3) is 6.31. The van der Waals surface area contributed by atoms with E-state index in [1.54, 1.807) is 11.8 Å². The van der Waals surface area contributed by atoms with Gasteiger partial charge in [-0.1, -0.05) is 28.9 Å². The number of anilines is 1. The molecule has 1 aliphatic heterocycles. The van der Waals surface area contributed by atoms with Crippen molar-refractivity contribution in [2.24, 2.45) is 0 Å². The predicted molar refractivity (Wildman–Crippen MR) is 142 cm³/mol. The standard InChI is InChI=1S/C27H29ClN6O3/c1-36-26-5-3-2-4-24(26)33-14-12-32(13-15-33)17-22-18-34(31-30-22)19-27(35)29-16-23-10-11-25(37-23)20-6-8-21(28)9-7-20/h2-11,18H,12-17,19H2,1H3,(H,29,35). The van der Waals surface area contributed by atoms with E-state index < -0.39 is 0 Å². The first-order valence-electron chi connectivity index (χ1n) is 12.2. The maximum atomic E-state index is 12.4. The number of hydrogen-bond donors (Lipinski definition) is 1. The predicted octanol–water partition coefficient (Wildman–Crippen LogP) is 3.84. The molecule has 0 unspecified atom stereocenters. The van der Waals surface area contributed by atoms with Crippen LogP contribution in [0, 0.1) is 0 Å². The first kappa shape index (κ1) is 24.9. The quantitative estimate of drug-likeness (QED) is 0.358. The molecule has 10 heteroatoms. The monoisotopic (exact) mass is 520 g/mol. The fourth-order valence-corrected chi connectivity index (χ4v) is 4.51. The van der Waals surface area contributed by atoms with E-state index in [1.165, 1.54) is 0 Å². The third-order valence-corrected chi connectivity index (χ3v) is 6.58. The van der Waals surface area contributed by atoms with Gasteiger partial charge in [-0.2, -0.15) is 0 Å². The van der Waals surface area contributed by atoms with Gasteiger partial charge in [-0.25, -0.2) is 4.68 Å². The fraction of sp³-hybridized carbons (Fsp3) is 0.296. The minimum atomic E-state index is -0.161. The first-order chi connectivity index (χ1) is 18.1. The van der Waals surface area contributed by atoms with Gasteiger partial charge in [0, 0.05) is 43.3 Å². The van der Waals surface area contributed by atoms with Crippen molar-refractivity contribution < 1.29 is 13.9 Å². The van der Waals surface area contributed by atoms with Crippen molar-refractivity contribution in [2.45, 2.75) is 19.6 Å². The fourth-order valence-electron chi connectivity index (χ4n) is 4.39. The Bertz CT molecular complexity index is 1330. The second-order valence-corrected chi connectivity index (χ2v) is 9.33. The lowest BCUT2D eigenvalue weighted by Gasteiger charge is -2.36. The number of furan rings is 1. The average molecular weight is 521 g/mol. The number of nitrogens with zero attached hydrogens (tertiary/aromatic N) is 5. The molecule has 0 radical (unpaired) electrons. The van der Waals surface area contributed by atoms with Gasteiger partial charge in [0.05, 0.1) is 31.2 Å². The molecule has 4 aromatic rings. The maximum absolute atomic E-state index is 12.4. The van der Waals surface area contributed by atoms with Crippen LogP contribution < -0.4 is 15.0 Å². The molecule has 1 aliphatic rings. The minimum Gasteiger partial charge on any atom is -0.495 e. The van der Waals surface area contributed by atoms with Gasteiger partial charge >= 0.3 is 0 Å². The van der Waals surface area contributed by atoms with Gasteiger partial charge in [0.2, 0.25) is 5.91 Å². The Labute approximate surface area is 220 Å². The SMILES string of the molecule is COc1ccccc1N1CCN(Cc2cn(CC(=O)NCc3ccc(-c4ccc(Cl)cc4)o3)nn2)CC1. The van der Waals surface area contributed by atoms with Crippen molar-refractivity contribution in [1.29, 1.82) is 0 Å². The van der Waals surface area contributed by atoms with E-state index in [1.807, 2.05) is 60.8 Å². The number of ether oxygens (including phenoxy) is 1. The topological polar surface area (TPSA) is 88.7 Å². The smallest absolute Gasteiger partial charge is 0.242 e. The zero-order valence-electron chi connectivity index (χ0n) is 20.6. The highest BCUT2D eigenvalue weighted by Gasteiger charge is 2.20. The zero-order chi connectivity index (χ0) is 25.6. The van der Waals surface area contributed by atoms with Crippen LogP contribution in [0.5, 0.6) is 5.75 Å². The van der Waals surface area contributed by atoms with Crippen LogP contribution in [0.2, 0.25) is 5.02 Å². The number of benzene rings is 2. The molecule has 1 N–H and O–H groups in total. The Kier molecular flexibility index (Phi) is 7.72. The highest BCUT2D eigenvalue weighted by atomic mass is 35.5. The molecule has 0 spiro atoms. The molecular weight excluding hydrogens is 492 g/mol. The van der Waals surface area contributed by atoms with Crippen molar-refractivity contribution in [3.05, 3.63) is 83.3 Å². The number of piperazine rings is 1. The number of aromatic nitrogens is 3. The highest BCUT2D eigenvalue weighted by Crippen LogP contribution is 2.28. The maximum Gasteiger partial charge on any atom is 0.242 e. The molecule has 192 valence electrons. The Morgan fingerprint density at radius 3 is 2.62 bits per heavy atom. The van der Waals surface area contributed by atoms with Crippen molar-refractivity contribution >= 4 is 23.2 Å². The van der Waals surface area contributed by atoms with Gasteiger partial charge in [-0.3, -0.25) is 9.69 Å². The molecule has 0 aliphatic carbocycles. The lowest BCUT2D eigenvalue weighted by molar-refractivity contribution is -0.122. The van der Waals surface area contributed by atoms with Crippen LogP contribution >= 0.6 is 11.6 Å². The van der Waals surface area contributed by atoms with Crippen molar-refractivity contribution in [1.82, 2.24) is 25.2 Å². The number of methoxy groups -OCH3 is 1. The van der Waals surface area contributed by atoms with Crippen LogP contribution in [0.15, 0.2) is 71.3 Å². The summed E-state index contributed by atoms with van der Waals surface area (Å²) in [7, 11) is 1.70. The van der Waals surface area contributed by atoms with Gasteiger partial charge < -0.3 is 19.4 Å². The number of halogens is 1. The Morgan fingerprint density at radius 1 is 1.05 bits per heavy atom. The van der Waals surface area contributed by atoms with E-state index in [0.29, 0.717) is 23.9 Å². The summed E-state index contributed by atoms with van der Waals surface area (Å²) < 4.78 is 12.9.